The van der Waals surface area contributed by atoms with Crippen LogP contribution in [0.5, 0.6) is 0 Å². The van der Waals surface area contributed by atoms with Gasteiger partial charge in [-0.15, -0.1) is 5.10 Å². The van der Waals surface area contributed by atoms with Gasteiger partial charge in [0, 0.05) is 29.5 Å². The van der Waals surface area contributed by atoms with E-state index in [2.05, 4.69) is 25.6 Å². The normalized spacial score (nSPS) is 10.6. The molecule has 3 rings (SSSR count). The molecule has 1 amide bonds. The molecular formula is C17H18N8O3. The van der Waals surface area contributed by atoms with Gasteiger partial charge in [-0.3, -0.25) is 14.9 Å². The minimum Gasteiger partial charge on any atom is -0.383 e. The zero-order valence-electron chi connectivity index (χ0n) is 15.3. The second-order valence-electron chi connectivity index (χ2n) is 6.09. The quantitative estimate of drug-likeness (QED) is 0.475. The van der Waals surface area contributed by atoms with E-state index in [-0.39, 0.29) is 18.1 Å². The van der Waals surface area contributed by atoms with Gasteiger partial charge in [0.1, 0.15) is 17.3 Å². The Balaban J connectivity index is 1.65. The molecule has 11 nitrogen and oxygen atoms in total. The molecule has 144 valence electrons. The van der Waals surface area contributed by atoms with E-state index in [0.717, 1.165) is 11.3 Å². The van der Waals surface area contributed by atoms with Crippen LogP contribution in [0, 0.1) is 24.0 Å². The number of nitrogen functional groups attached to an aromatic ring is 1. The highest BCUT2D eigenvalue weighted by atomic mass is 16.6. The molecule has 3 N–H and O–H groups in total. The first kappa shape index (κ1) is 18.9. The molecule has 0 bridgehead atoms. The number of benzene rings is 1. The summed E-state index contributed by atoms with van der Waals surface area (Å²) in [6.45, 7) is 4.12. The number of aromatic nitrogens is 5. The van der Waals surface area contributed by atoms with Crippen molar-refractivity contribution in [2.24, 2.45) is 0 Å². The van der Waals surface area contributed by atoms with Crippen molar-refractivity contribution < 1.29 is 9.72 Å². The molecule has 0 spiro atoms. The number of hydrogen-bond acceptors (Lipinski definition) is 8. The Hall–Kier alpha value is -3.89. The third-order valence-corrected chi connectivity index (χ3v) is 4.17. The monoisotopic (exact) mass is 382 g/mol. The fraction of sp³-hybridized carbons (Fsp3) is 0.235. The predicted molar refractivity (Wildman–Crippen MR) is 99.3 cm³/mol. The summed E-state index contributed by atoms with van der Waals surface area (Å²) in [7, 11) is 0. The third-order valence-electron chi connectivity index (χ3n) is 4.17. The van der Waals surface area contributed by atoms with E-state index in [1.54, 1.807) is 17.8 Å². The Morgan fingerprint density at radius 3 is 2.64 bits per heavy atom. The van der Waals surface area contributed by atoms with Crippen molar-refractivity contribution in [3.63, 3.8) is 0 Å². The molecule has 0 unspecified atom stereocenters. The number of nitro groups is 1. The molecule has 0 aliphatic rings. The average Bonchev–Trinajstić information content (AvgIpc) is 3.01. The lowest BCUT2D eigenvalue weighted by atomic mass is 10.2. The van der Waals surface area contributed by atoms with Crippen molar-refractivity contribution in [1.82, 2.24) is 30.3 Å². The number of non-ortho nitro benzene ring substituents is 1. The molecule has 2 heterocycles. The average molecular weight is 382 g/mol. The number of rotatable bonds is 6. The molecule has 11 heteroatoms. The van der Waals surface area contributed by atoms with Crippen molar-refractivity contribution in [2.75, 3.05) is 5.73 Å². The van der Waals surface area contributed by atoms with E-state index in [9.17, 15) is 14.9 Å². The lowest BCUT2D eigenvalue weighted by Crippen LogP contribution is -2.23. The summed E-state index contributed by atoms with van der Waals surface area (Å²) in [5, 5.41) is 21.6. The Bertz CT molecular complexity index is 1030. The summed E-state index contributed by atoms with van der Waals surface area (Å²) in [6.07, 6.45) is 1.65. The number of nitrogens with zero attached hydrogens (tertiary/aromatic N) is 6. The van der Waals surface area contributed by atoms with Crippen molar-refractivity contribution in [3.8, 4) is 0 Å². The maximum absolute atomic E-state index is 12.2. The molecule has 0 fully saturated rings. The third kappa shape index (κ3) is 4.09. The summed E-state index contributed by atoms with van der Waals surface area (Å²) in [5.41, 5.74) is 8.24. The number of carbonyl (C=O) groups excluding carboxylic acids is 1. The number of nitrogens with one attached hydrogen (secondary N) is 1. The number of nitro benzene ring substituents is 1. The van der Waals surface area contributed by atoms with Crippen LogP contribution in [-0.2, 0) is 13.1 Å². The molecule has 0 aliphatic heterocycles. The molecule has 0 saturated carbocycles. The van der Waals surface area contributed by atoms with E-state index >= 15 is 0 Å². The summed E-state index contributed by atoms with van der Waals surface area (Å²) in [5.74, 6) is 0.613. The molecule has 0 atom stereocenters. The molecule has 0 radical (unpaired) electrons. The maximum Gasteiger partial charge on any atom is 0.269 e. The maximum atomic E-state index is 12.2. The Morgan fingerprint density at radius 1 is 1.29 bits per heavy atom. The van der Waals surface area contributed by atoms with Crippen LogP contribution in [0.3, 0.4) is 0 Å². The molecule has 0 saturated heterocycles. The summed E-state index contributed by atoms with van der Waals surface area (Å²) in [4.78, 5) is 30.6. The standard InChI is InChI=1S/C17H18N8O3/c1-10-15(8-20-17(26)12-3-5-14(6-4-12)25(27)28)22-23-24(10)9-13-7-19-11(2)21-16(13)18/h3-7H,8-9H2,1-2H3,(H,20,26)(H2,18,19,21). The van der Waals surface area contributed by atoms with E-state index in [1.165, 1.54) is 24.3 Å². The molecule has 1 aromatic carbocycles. The number of nitrogens with two attached hydrogens (primary N) is 1. The SMILES string of the molecule is Cc1ncc(Cn2nnc(CNC(=O)c3ccc([N+](=O)[O-])cc3)c2C)c(N)n1. The zero-order chi connectivity index (χ0) is 20.3. The van der Waals surface area contributed by atoms with Crippen molar-refractivity contribution in [2.45, 2.75) is 26.9 Å². The summed E-state index contributed by atoms with van der Waals surface area (Å²) in [6, 6.07) is 5.36. The van der Waals surface area contributed by atoms with Gasteiger partial charge in [0.2, 0.25) is 0 Å². The topological polar surface area (TPSA) is 155 Å². The number of carbonyl (C=O) groups is 1. The lowest BCUT2D eigenvalue weighted by molar-refractivity contribution is -0.384. The summed E-state index contributed by atoms with van der Waals surface area (Å²) >= 11 is 0. The van der Waals surface area contributed by atoms with E-state index in [4.69, 9.17) is 5.73 Å². The van der Waals surface area contributed by atoms with Gasteiger partial charge >= 0.3 is 0 Å². The predicted octanol–water partition coefficient (Wildman–Crippen LogP) is 1.15. The first-order valence-electron chi connectivity index (χ1n) is 8.34. The van der Waals surface area contributed by atoms with Crippen LogP contribution in [0.25, 0.3) is 0 Å². The van der Waals surface area contributed by atoms with Gasteiger partial charge in [0.05, 0.1) is 23.7 Å². The highest BCUT2D eigenvalue weighted by Crippen LogP contribution is 2.13. The van der Waals surface area contributed by atoms with Crippen LogP contribution in [0.4, 0.5) is 11.5 Å². The second-order valence-corrected chi connectivity index (χ2v) is 6.09. The molecule has 3 aromatic rings. The van der Waals surface area contributed by atoms with E-state index < -0.39 is 4.92 Å². The Kier molecular flexibility index (Phi) is 5.25. The highest BCUT2D eigenvalue weighted by molar-refractivity contribution is 5.94. The van der Waals surface area contributed by atoms with Crippen LogP contribution >= 0.6 is 0 Å². The lowest BCUT2D eigenvalue weighted by Gasteiger charge is -2.07. The van der Waals surface area contributed by atoms with Gasteiger partial charge in [0.15, 0.2) is 0 Å². The van der Waals surface area contributed by atoms with Crippen LogP contribution < -0.4 is 11.1 Å². The molecule has 0 aliphatic carbocycles. The van der Waals surface area contributed by atoms with Gasteiger partial charge in [-0.05, 0) is 26.0 Å². The van der Waals surface area contributed by atoms with Gasteiger partial charge in [-0.25, -0.2) is 14.6 Å². The minimum absolute atomic E-state index is 0.0744. The molecular weight excluding hydrogens is 364 g/mol. The Labute approximate surface area is 159 Å². The number of amides is 1. The van der Waals surface area contributed by atoms with Crippen LogP contribution in [-0.4, -0.2) is 35.8 Å². The largest absolute Gasteiger partial charge is 0.383 e. The van der Waals surface area contributed by atoms with E-state index in [1.807, 2.05) is 6.92 Å². The van der Waals surface area contributed by atoms with Crippen LogP contribution in [0.2, 0.25) is 0 Å². The van der Waals surface area contributed by atoms with Crippen LogP contribution in [0.1, 0.15) is 33.1 Å². The Morgan fingerprint density at radius 2 is 2.00 bits per heavy atom. The van der Waals surface area contributed by atoms with Crippen molar-refractivity contribution in [1.29, 1.82) is 0 Å². The second kappa shape index (κ2) is 7.78. The fourth-order valence-electron chi connectivity index (χ4n) is 2.51. The van der Waals surface area contributed by atoms with Crippen LogP contribution in [0.15, 0.2) is 30.5 Å². The highest BCUT2D eigenvalue weighted by Gasteiger charge is 2.14. The minimum atomic E-state index is -0.519. The van der Waals surface area contributed by atoms with Crippen molar-refractivity contribution in [3.05, 3.63) is 68.9 Å². The van der Waals surface area contributed by atoms with E-state index in [0.29, 0.717) is 29.4 Å². The number of hydrogen-bond donors (Lipinski definition) is 2. The zero-order valence-corrected chi connectivity index (χ0v) is 15.3. The van der Waals surface area contributed by atoms with Gasteiger partial charge in [-0.1, -0.05) is 5.21 Å². The van der Waals surface area contributed by atoms with Gasteiger partial charge in [0.25, 0.3) is 11.6 Å². The fourth-order valence-corrected chi connectivity index (χ4v) is 2.51. The number of aryl methyl sites for hydroxylation is 1. The molecule has 28 heavy (non-hydrogen) atoms. The van der Waals surface area contributed by atoms with Crippen molar-refractivity contribution >= 4 is 17.4 Å². The van der Waals surface area contributed by atoms with Gasteiger partial charge in [-0.2, -0.15) is 0 Å². The number of anilines is 1. The first-order chi connectivity index (χ1) is 13.3. The summed E-state index contributed by atoms with van der Waals surface area (Å²) < 4.78 is 1.65. The smallest absolute Gasteiger partial charge is 0.269 e. The molecule has 2 aromatic heterocycles. The van der Waals surface area contributed by atoms with Gasteiger partial charge < -0.3 is 11.1 Å². The first-order valence-corrected chi connectivity index (χ1v) is 8.34.